The van der Waals surface area contributed by atoms with Crippen molar-refractivity contribution in [1.82, 2.24) is 4.98 Å². The molecule has 0 radical (unpaired) electrons. The molecule has 0 spiro atoms. The monoisotopic (exact) mass is 406 g/mol. The van der Waals surface area contributed by atoms with Crippen molar-refractivity contribution in [3.05, 3.63) is 83.4 Å². The second kappa shape index (κ2) is 8.53. The lowest BCUT2D eigenvalue weighted by Crippen LogP contribution is -2.17. The van der Waals surface area contributed by atoms with Crippen LogP contribution < -0.4 is 9.64 Å². The van der Waals surface area contributed by atoms with E-state index < -0.39 is 5.97 Å². The Morgan fingerprint density at radius 2 is 2.10 bits per heavy atom. The summed E-state index contributed by atoms with van der Waals surface area (Å²) >= 11 is 0. The fraction of sp³-hybridized carbons (Fsp3) is 0.250. The van der Waals surface area contributed by atoms with Crippen LogP contribution in [-0.4, -0.2) is 29.7 Å². The van der Waals surface area contributed by atoms with Crippen LogP contribution in [0.25, 0.3) is 0 Å². The maximum absolute atomic E-state index is 14.2. The predicted molar refractivity (Wildman–Crippen MR) is 113 cm³/mol. The molecule has 2 aromatic carbocycles. The first-order valence-corrected chi connectivity index (χ1v) is 9.96. The lowest BCUT2D eigenvalue weighted by atomic mass is 9.87. The predicted octanol–water partition coefficient (Wildman–Crippen LogP) is 5.19. The van der Waals surface area contributed by atoms with Gasteiger partial charge in [-0.3, -0.25) is 4.98 Å². The number of hydrogen-bond acceptors (Lipinski definition) is 4. The van der Waals surface area contributed by atoms with Crippen LogP contribution >= 0.6 is 0 Å². The number of halogens is 1. The van der Waals surface area contributed by atoms with Gasteiger partial charge in [0.25, 0.3) is 0 Å². The molecule has 1 atom stereocenters. The van der Waals surface area contributed by atoms with E-state index in [4.69, 9.17) is 4.74 Å². The molecule has 4 rings (SSSR count). The molecule has 1 N–H and O–H groups in total. The smallest absolute Gasteiger partial charge is 0.336 e. The van der Waals surface area contributed by atoms with Crippen molar-refractivity contribution < 1.29 is 19.0 Å². The number of aromatic carboxylic acids is 1. The van der Waals surface area contributed by atoms with Crippen molar-refractivity contribution in [3.8, 4) is 5.75 Å². The summed E-state index contributed by atoms with van der Waals surface area (Å²) in [6, 6.07) is 14.2. The quantitative estimate of drug-likeness (QED) is 0.611. The molecule has 0 saturated heterocycles. The van der Waals surface area contributed by atoms with Gasteiger partial charge in [0.1, 0.15) is 11.6 Å². The van der Waals surface area contributed by atoms with Gasteiger partial charge >= 0.3 is 5.97 Å². The lowest BCUT2D eigenvalue weighted by Gasteiger charge is -2.28. The Labute approximate surface area is 174 Å². The van der Waals surface area contributed by atoms with E-state index in [0.29, 0.717) is 24.3 Å². The van der Waals surface area contributed by atoms with E-state index in [1.165, 1.54) is 12.3 Å². The third kappa shape index (κ3) is 3.99. The zero-order chi connectivity index (χ0) is 21.1. The van der Waals surface area contributed by atoms with Crippen molar-refractivity contribution >= 4 is 17.3 Å². The average molecular weight is 406 g/mol. The minimum atomic E-state index is -0.930. The summed E-state index contributed by atoms with van der Waals surface area (Å²) in [5, 5.41) is 9.38. The first kappa shape index (κ1) is 19.9. The normalized spacial score (nSPS) is 15.2. The Kier molecular flexibility index (Phi) is 5.65. The maximum Gasteiger partial charge on any atom is 0.336 e. The highest BCUT2D eigenvalue weighted by Crippen LogP contribution is 2.40. The first-order valence-electron chi connectivity index (χ1n) is 9.96. The number of rotatable bonds is 6. The number of anilines is 2. The van der Waals surface area contributed by atoms with Gasteiger partial charge < -0.3 is 14.7 Å². The highest BCUT2D eigenvalue weighted by Gasteiger charge is 2.23. The number of pyridine rings is 1. The molecule has 1 aromatic heterocycles. The molecule has 2 heterocycles. The van der Waals surface area contributed by atoms with Gasteiger partial charge in [0, 0.05) is 31.2 Å². The molecule has 0 fully saturated rings. The van der Waals surface area contributed by atoms with Gasteiger partial charge in [-0.2, -0.15) is 0 Å². The fourth-order valence-corrected chi connectivity index (χ4v) is 3.99. The van der Waals surface area contributed by atoms with Gasteiger partial charge in [-0.25, -0.2) is 9.18 Å². The molecule has 0 unspecified atom stereocenters. The summed E-state index contributed by atoms with van der Waals surface area (Å²) in [5.74, 6) is -0.136. The number of aryl methyl sites for hydroxylation is 1. The number of carboxylic acid groups (broad SMARTS) is 1. The van der Waals surface area contributed by atoms with E-state index in [9.17, 15) is 14.3 Å². The number of ether oxygens (including phenoxy) is 1. The van der Waals surface area contributed by atoms with E-state index in [1.54, 1.807) is 29.3 Å². The summed E-state index contributed by atoms with van der Waals surface area (Å²) < 4.78 is 20.1. The van der Waals surface area contributed by atoms with Gasteiger partial charge in [0.05, 0.1) is 17.9 Å². The molecular formula is C24H23FN2O3. The number of benzene rings is 2. The Balaban J connectivity index is 1.54. The number of hydrogen-bond donors (Lipinski definition) is 1. The van der Waals surface area contributed by atoms with Crippen LogP contribution in [-0.2, 0) is 6.42 Å². The van der Waals surface area contributed by atoms with E-state index >= 15 is 0 Å². The molecule has 0 amide bonds. The summed E-state index contributed by atoms with van der Waals surface area (Å²) in [7, 11) is 1.83. The zero-order valence-electron chi connectivity index (χ0n) is 16.7. The van der Waals surface area contributed by atoms with E-state index in [-0.39, 0.29) is 11.7 Å². The Morgan fingerprint density at radius 1 is 1.27 bits per heavy atom. The van der Waals surface area contributed by atoms with Crippen LogP contribution in [0, 0.1) is 5.82 Å². The largest absolute Gasteiger partial charge is 0.493 e. The molecule has 0 bridgehead atoms. The van der Waals surface area contributed by atoms with Crippen molar-refractivity contribution in [2.24, 2.45) is 0 Å². The summed E-state index contributed by atoms with van der Waals surface area (Å²) in [5.41, 5.74) is 3.50. The number of aromatic nitrogens is 1. The molecule has 3 aromatic rings. The number of carbonyl (C=O) groups is 1. The molecule has 5 nitrogen and oxygen atoms in total. The molecule has 154 valence electrons. The summed E-state index contributed by atoms with van der Waals surface area (Å²) in [6.45, 7) is 0.601. The molecule has 1 aliphatic rings. The Morgan fingerprint density at radius 3 is 2.90 bits per heavy atom. The van der Waals surface area contributed by atoms with Gasteiger partial charge in [-0.05, 0) is 60.6 Å². The van der Waals surface area contributed by atoms with E-state index in [0.717, 1.165) is 35.4 Å². The van der Waals surface area contributed by atoms with Crippen molar-refractivity contribution in [3.63, 3.8) is 0 Å². The Bertz CT molecular complexity index is 1070. The van der Waals surface area contributed by atoms with Crippen LogP contribution in [0.2, 0.25) is 0 Å². The lowest BCUT2D eigenvalue weighted by molar-refractivity contribution is 0.0695. The number of carboxylic acids is 1. The first-order chi connectivity index (χ1) is 14.5. The number of nitrogens with zero attached hydrogens (tertiary/aromatic N) is 2. The van der Waals surface area contributed by atoms with Gasteiger partial charge in [-0.15, -0.1) is 0 Å². The van der Waals surface area contributed by atoms with Gasteiger partial charge in [0.2, 0.25) is 0 Å². The topological polar surface area (TPSA) is 62.7 Å². The number of para-hydroxylation sites is 1. The van der Waals surface area contributed by atoms with E-state index in [2.05, 4.69) is 4.98 Å². The summed E-state index contributed by atoms with van der Waals surface area (Å²) in [6.07, 6.45) is 5.46. The van der Waals surface area contributed by atoms with E-state index in [1.807, 2.05) is 31.3 Å². The van der Waals surface area contributed by atoms with Crippen molar-refractivity contribution in [2.75, 3.05) is 18.6 Å². The third-order valence-electron chi connectivity index (χ3n) is 5.66. The SMILES string of the molecule is CN(c1ccc2c(c1)OCC[C@H]2CCc1cnccc1C(=O)O)c1ccccc1F. The van der Waals surface area contributed by atoms with Crippen LogP contribution in [0.1, 0.15) is 40.2 Å². The second-order valence-corrected chi connectivity index (χ2v) is 7.44. The van der Waals surface area contributed by atoms with Crippen LogP contribution in [0.4, 0.5) is 15.8 Å². The highest BCUT2D eigenvalue weighted by atomic mass is 19.1. The fourth-order valence-electron chi connectivity index (χ4n) is 3.99. The second-order valence-electron chi connectivity index (χ2n) is 7.44. The van der Waals surface area contributed by atoms with Crippen LogP contribution in [0.3, 0.4) is 0 Å². The minimum Gasteiger partial charge on any atom is -0.493 e. The molecule has 30 heavy (non-hydrogen) atoms. The third-order valence-corrected chi connectivity index (χ3v) is 5.66. The molecule has 6 heteroatoms. The standard InChI is InChI=1S/C24H23FN2O3/c1-27(22-5-3-2-4-21(22)25)18-8-9-19-16(11-13-30-23(19)14-18)6-7-17-15-26-12-10-20(17)24(28)29/h2-5,8-10,12,14-16H,6-7,11,13H2,1H3,(H,28,29)/t16-/m1/s1. The zero-order valence-corrected chi connectivity index (χ0v) is 16.7. The Hall–Kier alpha value is -3.41. The number of fused-ring (bicyclic) bond motifs is 1. The summed E-state index contributed by atoms with van der Waals surface area (Å²) in [4.78, 5) is 17.3. The van der Waals surface area contributed by atoms with Gasteiger partial charge in [-0.1, -0.05) is 18.2 Å². The average Bonchev–Trinajstić information content (AvgIpc) is 2.77. The van der Waals surface area contributed by atoms with Crippen molar-refractivity contribution in [2.45, 2.75) is 25.2 Å². The molecule has 0 aliphatic carbocycles. The van der Waals surface area contributed by atoms with Crippen LogP contribution in [0.5, 0.6) is 5.75 Å². The molecular weight excluding hydrogens is 383 g/mol. The highest BCUT2D eigenvalue weighted by molar-refractivity contribution is 5.89. The van der Waals surface area contributed by atoms with Gasteiger partial charge in [0.15, 0.2) is 0 Å². The van der Waals surface area contributed by atoms with Crippen LogP contribution in [0.15, 0.2) is 60.9 Å². The molecule has 0 saturated carbocycles. The minimum absolute atomic E-state index is 0.267. The molecule has 1 aliphatic heterocycles. The maximum atomic E-state index is 14.2. The van der Waals surface area contributed by atoms with Crippen molar-refractivity contribution in [1.29, 1.82) is 0 Å².